The maximum Gasteiger partial charge on any atom is 0.0101 e. The van der Waals surface area contributed by atoms with Crippen LogP contribution in [0.25, 0.3) is 0 Å². The molecule has 0 aromatic carbocycles. The minimum absolute atomic E-state index is 0.867. The van der Waals surface area contributed by atoms with Crippen LogP contribution in [0.2, 0.25) is 0 Å². The molecule has 11 heavy (non-hydrogen) atoms. The molecule has 64 valence electrons. The first kappa shape index (κ1) is 7.60. The molecule has 2 aliphatic rings. The molecule has 3 atom stereocenters. The van der Waals surface area contributed by atoms with E-state index < -0.39 is 0 Å². The van der Waals surface area contributed by atoms with Gasteiger partial charge in [0.25, 0.3) is 0 Å². The van der Waals surface area contributed by atoms with Crippen molar-refractivity contribution in [2.24, 2.45) is 5.92 Å². The maximum atomic E-state index is 2.72. The van der Waals surface area contributed by atoms with Crippen molar-refractivity contribution < 1.29 is 0 Å². The molecule has 0 amide bonds. The molecule has 0 spiro atoms. The van der Waals surface area contributed by atoms with Gasteiger partial charge >= 0.3 is 0 Å². The molecule has 2 aliphatic heterocycles. The number of rotatable bonds is 0. The Morgan fingerprint density at radius 3 is 2.82 bits per heavy atom. The van der Waals surface area contributed by atoms with Crippen LogP contribution in [0.5, 0.6) is 0 Å². The van der Waals surface area contributed by atoms with Gasteiger partial charge < -0.3 is 0 Å². The van der Waals surface area contributed by atoms with Crippen molar-refractivity contribution in [1.29, 1.82) is 0 Å². The van der Waals surface area contributed by atoms with Crippen LogP contribution >= 0.6 is 0 Å². The van der Waals surface area contributed by atoms with E-state index in [2.05, 4.69) is 18.7 Å². The number of hydrogen-bond acceptors (Lipinski definition) is 1. The monoisotopic (exact) mass is 153 g/mol. The summed E-state index contributed by atoms with van der Waals surface area (Å²) in [6, 6.07) is 1.82. The number of nitrogens with zero attached hydrogens (tertiary/aromatic N) is 1. The van der Waals surface area contributed by atoms with Gasteiger partial charge in [0.15, 0.2) is 0 Å². The Hall–Kier alpha value is -0.0400. The van der Waals surface area contributed by atoms with Crippen LogP contribution in [0, 0.1) is 5.92 Å². The highest BCUT2D eigenvalue weighted by atomic mass is 15.2. The lowest BCUT2D eigenvalue weighted by Crippen LogP contribution is -2.43. The molecule has 1 nitrogen and oxygen atoms in total. The predicted octanol–water partition coefficient (Wildman–Crippen LogP) is 2.27. The summed E-state index contributed by atoms with van der Waals surface area (Å²) in [5.41, 5.74) is 0. The number of hydrogen-bond donors (Lipinski definition) is 0. The van der Waals surface area contributed by atoms with E-state index in [-0.39, 0.29) is 0 Å². The second kappa shape index (κ2) is 2.78. The Balaban J connectivity index is 2.04. The molecule has 2 heterocycles. The molecule has 0 aliphatic carbocycles. The summed E-state index contributed by atoms with van der Waals surface area (Å²) in [5.74, 6) is 0.976. The first-order chi connectivity index (χ1) is 5.27. The predicted molar refractivity (Wildman–Crippen MR) is 47.6 cm³/mol. The van der Waals surface area contributed by atoms with Gasteiger partial charge in [-0.05, 0) is 45.1 Å². The lowest BCUT2D eigenvalue weighted by Gasteiger charge is -2.38. The average molecular weight is 153 g/mol. The van der Waals surface area contributed by atoms with Gasteiger partial charge in [-0.25, -0.2) is 0 Å². The lowest BCUT2D eigenvalue weighted by atomic mass is 9.89. The maximum absolute atomic E-state index is 2.72. The molecular formula is C10H19N. The SMILES string of the molecule is C[C@@H]1C[C@@H]2CCCN2[C@@H](C)C1. The van der Waals surface area contributed by atoms with Crippen molar-refractivity contribution in [1.82, 2.24) is 4.90 Å². The van der Waals surface area contributed by atoms with E-state index in [1.165, 1.54) is 32.2 Å². The molecule has 0 unspecified atom stereocenters. The van der Waals surface area contributed by atoms with Crippen molar-refractivity contribution in [2.75, 3.05) is 6.54 Å². The Morgan fingerprint density at radius 1 is 1.18 bits per heavy atom. The summed E-state index contributed by atoms with van der Waals surface area (Å²) in [6.07, 6.45) is 5.80. The molecule has 0 N–H and O–H groups in total. The van der Waals surface area contributed by atoms with Gasteiger partial charge in [-0.2, -0.15) is 0 Å². The van der Waals surface area contributed by atoms with Gasteiger partial charge in [-0.15, -0.1) is 0 Å². The van der Waals surface area contributed by atoms with Crippen LogP contribution in [-0.2, 0) is 0 Å². The standard InChI is InChI=1S/C10H19N/c1-8-6-9(2)11-5-3-4-10(11)7-8/h8-10H,3-7H2,1-2H3/t8-,9-,10-/m0/s1. The second-order valence-corrected chi connectivity index (χ2v) is 4.46. The summed E-state index contributed by atoms with van der Waals surface area (Å²) in [6.45, 7) is 6.18. The largest absolute Gasteiger partial charge is 0.298 e. The molecular weight excluding hydrogens is 134 g/mol. The first-order valence-corrected chi connectivity index (χ1v) is 5.03. The fraction of sp³-hybridized carbons (Fsp3) is 1.00. The molecule has 2 saturated heterocycles. The third-order valence-corrected chi connectivity index (χ3v) is 3.41. The van der Waals surface area contributed by atoms with Crippen molar-refractivity contribution in [3.63, 3.8) is 0 Å². The highest BCUT2D eigenvalue weighted by Gasteiger charge is 2.34. The number of fused-ring (bicyclic) bond motifs is 1. The summed E-state index contributed by atoms with van der Waals surface area (Å²) in [5, 5.41) is 0. The van der Waals surface area contributed by atoms with Gasteiger partial charge in [0.1, 0.15) is 0 Å². The van der Waals surface area contributed by atoms with Crippen LogP contribution in [0.4, 0.5) is 0 Å². The zero-order valence-corrected chi connectivity index (χ0v) is 7.71. The highest BCUT2D eigenvalue weighted by Crippen LogP contribution is 2.33. The summed E-state index contributed by atoms with van der Waals surface area (Å²) in [7, 11) is 0. The van der Waals surface area contributed by atoms with E-state index in [0.29, 0.717) is 0 Å². The molecule has 0 aromatic heterocycles. The van der Waals surface area contributed by atoms with E-state index in [0.717, 1.165) is 18.0 Å². The van der Waals surface area contributed by atoms with Crippen LogP contribution in [-0.4, -0.2) is 23.5 Å². The summed E-state index contributed by atoms with van der Waals surface area (Å²) in [4.78, 5) is 2.72. The lowest BCUT2D eigenvalue weighted by molar-refractivity contribution is 0.103. The molecule has 0 aromatic rings. The van der Waals surface area contributed by atoms with Crippen LogP contribution < -0.4 is 0 Å². The summed E-state index contributed by atoms with van der Waals surface area (Å²) >= 11 is 0. The smallest absolute Gasteiger partial charge is 0.0101 e. The van der Waals surface area contributed by atoms with Crippen molar-refractivity contribution in [3.8, 4) is 0 Å². The molecule has 0 bridgehead atoms. The fourth-order valence-electron chi connectivity index (χ4n) is 2.97. The average Bonchev–Trinajstić information content (AvgIpc) is 2.34. The Kier molecular flexibility index (Phi) is 1.92. The minimum atomic E-state index is 0.867. The fourth-order valence-corrected chi connectivity index (χ4v) is 2.97. The van der Waals surface area contributed by atoms with Gasteiger partial charge in [-0.3, -0.25) is 4.90 Å². The van der Waals surface area contributed by atoms with Crippen molar-refractivity contribution in [3.05, 3.63) is 0 Å². The van der Waals surface area contributed by atoms with E-state index >= 15 is 0 Å². The van der Waals surface area contributed by atoms with Crippen LogP contribution in [0.1, 0.15) is 39.5 Å². The van der Waals surface area contributed by atoms with Gasteiger partial charge in [-0.1, -0.05) is 6.92 Å². The van der Waals surface area contributed by atoms with Gasteiger partial charge in [0, 0.05) is 12.1 Å². The molecule has 2 fully saturated rings. The van der Waals surface area contributed by atoms with E-state index in [4.69, 9.17) is 0 Å². The highest BCUT2D eigenvalue weighted by molar-refractivity contribution is 4.89. The topological polar surface area (TPSA) is 3.24 Å². The molecule has 0 saturated carbocycles. The zero-order valence-electron chi connectivity index (χ0n) is 7.71. The minimum Gasteiger partial charge on any atom is -0.298 e. The van der Waals surface area contributed by atoms with Crippen LogP contribution in [0.15, 0.2) is 0 Å². The quantitative estimate of drug-likeness (QED) is 0.516. The number of piperidine rings is 1. The Morgan fingerprint density at radius 2 is 2.00 bits per heavy atom. The van der Waals surface area contributed by atoms with E-state index in [1.54, 1.807) is 0 Å². The molecule has 0 radical (unpaired) electrons. The van der Waals surface area contributed by atoms with E-state index in [1.807, 2.05) is 0 Å². The molecule has 1 heteroatoms. The van der Waals surface area contributed by atoms with E-state index in [9.17, 15) is 0 Å². The third kappa shape index (κ3) is 1.31. The van der Waals surface area contributed by atoms with Gasteiger partial charge in [0.05, 0.1) is 0 Å². The Labute approximate surface area is 69.8 Å². The van der Waals surface area contributed by atoms with Gasteiger partial charge in [0.2, 0.25) is 0 Å². The normalized spacial score (nSPS) is 45.8. The Bertz CT molecular complexity index is 144. The second-order valence-electron chi connectivity index (χ2n) is 4.46. The van der Waals surface area contributed by atoms with Crippen molar-refractivity contribution in [2.45, 2.75) is 51.6 Å². The molecule has 2 rings (SSSR count). The first-order valence-electron chi connectivity index (χ1n) is 5.03. The van der Waals surface area contributed by atoms with Crippen LogP contribution in [0.3, 0.4) is 0 Å². The zero-order chi connectivity index (χ0) is 7.84. The third-order valence-electron chi connectivity index (χ3n) is 3.41. The summed E-state index contributed by atoms with van der Waals surface area (Å²) < 4.78 is 0. The van der Waals surface area contributed by atoms with Crippen molar-refractivity contribution >= 4 is 0 Å².